The van der Waals surface area contributed by atoms with Crippen LogP contribution in [0.3, 0.4) is 0 Å². The van der Waals surface area contributed by atoms with Crippen molar-refractivity contribution < 1.29 is 19.0 Å². The van der Waals surface area contributed by atoms with Gasteiger partial charge in [0, 0.05) is 26.3 Å². The smallest absolute Gasteiger partial charge is 0.224 e. The zero-order valence-corrected chi connectivity index (χ0v) is 10.6. The molecule has 0 atom stereocenters. The summed E-state index contributed by atoms with van der Waals surface area (Å²) >= 11 is 0. The maximum atomic E-state index is 11.2. The van der Waals surface area contributed by atoms with Crippen molar-refractivity contribution in [3.63, 3.8) is 0 Å². The lowest BCUT2D eigenvalue weighted by Gasteiger charge is -2.19. The number of nitrogens with one attached hydrogen (secondary N) is 1. The minimum Gasteiger partial charge on any atom is -0.488 e. The average Bonchev–Trinajstić information content (AvgIpc) is 2.40. The predicted molar refractivity (Wildman–Crippen MR) is 66.7 cm³/mol. The Morgan fingerprint density at radius 1 is 1.28 bits per heavy atom. The van der Waals surface area contributed by atoms with E-state index in [9.17, 15) is 4.79 Å². The number of benzene rings is 1. The largest absolute Gasteiger partial charge is 0.488 e. The Morgan fingerprint density at radius 3 is 2.78 bits per heavy atom. The number of methoxy groups -OCH3 is 2. The lowest BCUT2D eigenvalue weighted by atomic mass is 10.0. The Bertz CT molecular complexity index is 429. The van der Waals surface area contributed by atoms with Gasteiger partial charge in [0.2, 0.25) is 5.91 Å². The molecule has 1 N–H and O–H groups in total. The quantitative estimate of drug-likeness (QED) is 0.807. The predicted octanol–water partition coefficient (Wildman–Crippen LogP) is 1.57. The van der Waals surface area contributed by atoms with Crippen molar-refractivity contribution in [1.29, 1.82) is 0 Å². The van der Waals surface area contributed by atoms with E-state index in [1.807, 2.05) is 18.2 Å². The molecule has 0 aromatic heterocycles. The van der Waals surface area contributed by atoms with E-state index in [0.717, 1.165) is 23.4 Å². The lowest BCUT2D eigenvalue weighted by molar-refractivity contribution is -0.121. The first kappa shape index (κ1) is 12.9. The van der Waals surface area contributed by atoms with Crippen molar-refractivity contribution >= 4 is 11.6 Å². The molecule has 18 heavy (non-hydrogen) atoms. The minimum absolute atomic E-state index is 0.0648. The molecule has 5 heteroatoms. The first-order chi connectivity index (χ1) is 8.72. The fraction of sp³-hybridized carbons (Fsp3) is 0.462. The molecular weight excluding hydrogens is 234 g/mol. The molecular formula is C13H17NO4. The number of amides is 1. The number of aryl methyl sites for hydroxylation is 1. The van der Waals surface area contributed by atoms with Crippen molar-refractivity contribution in [2.75, 3.05) is 26.1 Å². The fourth-order valence-corrected chi connectivity index (χ4v) is 1.85. The van der Waals surface area contributed by atoms with Crippen LogP contribution in [0.5, 0.6) is 5.75 Å². The van der Waals surface area contributed by atoms with Gasteiger partial charge in [-0.15, -0.1) is 0 Å². The van der Waals surface area contributed by atoms with E-state index in [0.29, 0.717) is 13.0 Å². The number of hydrogen-bond donors (Lipinski definition) is 1. The standard InChI is InChI=1S/C13H17NO4/c1-16-13(17-2)8-18-10-4-5-11-9(7-10)3-6-12(15)14-11/h4-5,7,13H,3,6,8H2,1-2H3,(H,14,15). The first-order valence-corrected chi connectivity index (χ1v) is 5.84. The van der Waals surface area contributed by atoms with E-state index in [4.69, 9.17) is 14.2 Å². The summed E-state index contributed by atoms with van der Waals surface area (Å²) in [5.41, 5.74) is 1.96. The van der Waals surface area contributed by atoms with Crippen LogP contribution in [-0.2, 0) is 20.7 Å². The summed E-state index contributed by atoms with van der Waals surface area (Å²) < 4.78 is 15.7. The van der Waals surface area contributed by atoms with Gasteiger partial charge in [-0.2, -0.15) is 0 Å². The molecule has 5 nitrogen and oxygen atoms in total. The van der Waals surface area contributed by atoms with E-state index < -0.39 is 0 Å². The van der Waals surface area contributed by atoms with E-state index in [-0.39, 0.29) is 12.2 Å². The summed E-state index contributed by atoms with van der Waals surface area (Å²) in [4.78, 5) is 11.2. The van der Waals surface area contributed by atoms with Crippen LogP contribution in [0.1, 0.15) is 12.0 Å². The number of ether oxygens (including phenoxy) is 3. The first-order valence-electron chi connectivity index (χ1n) is 5.84. The highest BCUT2D eigenvalue weighted by Crippen LogP contribution is 2.26. The molecule has 1 aromatic carbocycles. The van der Waals surface area contributed by atoms with Crippen molar-refractivity contribution in [3.8, 4) is 5.75 Å². The van der Waals surface area contributed by atoms with Crippen LogP contribution >= 0.6 is 0 Å². The molecule has 0 fully saturated rings. The number of carbonyl (C=O) groups excluding carboxylic acids is 1. The Labute approximate surface area is 106 Å². The normalized spacial score (nSPS) is 14.3. The summed E-state index contributed by atoms with van der Waals surface area (Å²) in [5.74, 6) is 0.819. The molecule has 0 aliphatic carbocycles. The van der Waals surface area contributed by atoms with Crippen LogP contribution in [0, 0.1) is 0 Å². The van der Waals surface area contributed by atoms with E-state index >= 15 is 0 Å². The van der Waals surface area contributed by atoms with Crippen LogP contribution in [0.4, 0.5) is 5.69 Å². The Kier molecular flexibility index (Phi) is 4.17. The third-order valence-corrected chi connectivity index (χ3v) is 2.88. The molecule has 1 aliphatic heterocycles. The fourth-order valence-electron chi connectivity index (χ4n) is 1.85. The third kappa shape index (κ3) is 3.00. The molecule has 0 unspecified atom stereocenters. The minimum atomic E-state index is -0.374. The Hall–Kier alpha value is -1.59. The van der Waals surface area contributed by atoms with E-state index in [1.165, 1.54) is 0 Å². The Morgan fingerprint density at radius 2 is 2.06 bits per heavy atom. The van der Waals surface area contributed by atoms with Gasteiger partial charge in [-0.05, 0) is 30.2 Å². The second-order valence-corrected chi connectivity index (χ2v) is 4.08. The molecule has 0 saturated carbocycles. The molecule has 1 heterocycles. The van der Waals surface area contributed by atoms with Gasteiger partial charge in [0.25, 0.3) is 0 Å². The third-order valence-electron chi connectivity index (χ3n) is 2.88. The highest BCUT2D eigenvalue weighted by molar-refractivity contribution is 5.93. The van der Waals surface area contributed by atoms with E-state index in [2.05, 4.69) is 5.32 Å². The highest BCUT2D eigenvalue weighted by atomic mass is 16.7. The monoisotopic (exact) mass is 251 g/mol. The molecule has 1 amide bonds. The topological polar surface area (TPSA) is 56.8 Å². The highest BCUT2D eigenvalue weighted by Gasteiger charge is 2.15. The molecule has 98 valence electrons. The van der Waals surface area contributed by atoms with Crippen LogP contribution in [-0.4, -0.2) is 33.0 Å². The number of carbonyl (C=O) groups is 1. The van der Waals surface area contributed by atoms with Crippen molar-refractivity contribution in [2.24, 2.45) is 0 Å². The van der Waals surface area contributed by atoms with Crippen molar-refractivity contribution in [3.05, 3.63) is 23.8 Å². The molecule has 0 radical (unpaired) electrons. The summed E-state index contributed by atoms with van der Waals surface area (Å²) in [6.45, 7) is 0.331. The molecule has 1 aromatic rings. The number of anilines is 1. The van der Waals surface area contributed by atoms with Gasteiger partial charge in [0.15, 0.2) is 6.29 Å². The molecule has 0 spiro atoms. The number of hydrogen-bond acceptors (Lipinski definition) is 4. The summed E-state index contributed by atoms with van der Waals surface area (Å²) in [6.07, 6.45) is 0.895. The Balaban J connectivity index is 2.01. The van der Waals surface area contributed by atoms with Gasteiger partial charge in [-0.25, -0.2) is 0 Å². The summed E-state index contributed by atoms with van der Waals surface area (Å²) in [5, 5.41) is 2.83. The molecule has 0 bridgehead atoms. The molecule has 0 saturated heterocycles. The van der Waals surface area contributed by atoms with Crippen LogP contribution in [0.25, 0.3) is 0 Å². The second-order valence-electron chi connectivity index (χ2n) is 4.08. The van der Waals surface area contributed by atoms with Gasteiger partial charge < -0.3 is 19.5 Å². The summed E-state index contributed by atoms with van der Waals surface area (Å²) in [7, 11) is 3.14. The van der Waals surface area contributed by atoms with Crippen molar-refractivity contribution in [2.45, 2.75) is 19.1 Å². The van der Waals surface area contributed by atoms with Gasteiger partial charge in [0.1, 0.15) is 12.4 Å². The molecule has 2 rings (SSSR count). The van der Waals surface area contributed by atoms with Gasteiger partial charge in [-0.3, -0.25) is 4.79 Å². The lowest BCUT2D eigenvalue weighted by Crippen LogP contribution is -2.22. The van der Waals surface area contributed by atoms with Crippen molar-refractivity contribution in [1.82, 2.24) is 0 Å². The summed E-state index contributed by atoms with van der Waals surface area (Å²) in [6, 6.07) is 5.63. The molecule has 1 aliphatic rings. The maximum absolute atomic E-state index is 11.2. The van der Waals surface area contributed by atoms with Crippen LogP contribution in [0.15, 0.2) is 18.2 Å². The maximum Gasteiger partial charge on any atom is 0.224 e. The second kappa shape index (κ2) is 5.84. The SMILES string of the molecule is COC(COc1ccc2c(c1)CCC(=O)N2)OC. The number of fused-ring (bicyclic) bond motifs is 1. The average molecular weight is 251 g/mol. The van der Waals surface area contributed by atoms with E-state index in [1.54, 1.807) is 14.2 Å². The zero-order valence-electron chi connectivity index (χ0n) is 10.6. The van der Waals surface area contributed by atoms with Gasteiger partial charge in [-0.1, -0.05) is 0 Å². The van der Waals surface area contributed by atoms with Crippen LogP contribution in [0.2, 0.25) is 0 Å². The van der Waals surface area contributed by atoms with Gasteiger partial charge in [0.05, 0.1) is 0 Å². The zero-order chi connectivity index (χ0) is 13.0. The van der Waals surface area contributed by atoms with Crippen LogP contribution < -0.4 is 10.1 Å². The van der Waals surface area contributed by atoms with Gasteiger partial charge >= 0.3 is 0 Å². The number of rotatable bonds is 5.